The van der Waals surface area contributed by atoms with Crippen molar-refractivity contribution in [1.29, 1.82) is 0 Å². The van der Waals surface area contributed by atoms with E-state index >= 15 is 0 Å². The third-order valence-electron chi connectivity index (χ3n) is 21.4. The number of ether oxygens (including phenoxy) is 1. The van der Waals surface area contributed by atoms with E-state index in [1.54, 1.807) is 12.1 Å². The van der Waals surface area contributed by atoms with Crippen molar-refractivity contribution in [1.82, 2.24) is 18.7 Å². The summed E-state index contributed by atoms with van der Waals surface area (Å²) in [6.45, 7) is 9.70. The maximum atomic E-state index is 10.7. The fourth-order valence-electron chi connectivity index (χ4n) is 16.1. The number of hydrogen-bond acceptors (Lipinski definition) is 2. The van der Waals surface area contributed by atoms with E-state index in [1.807, 2.05) is 161 Å². The normalized spacial score (nSPS) is 16.5. The third kappa shape index (κ3) is 10.2. The lowest BCUT2D eigenvalue weighted by atomic mass is 9.62. The molecule has 0 fully saturated rings. The second kappa shape index (κ2) is 23.7. The molecule has 5 heterocycles. The summed E-state index contributed by atoms with van der Waals surface area (Å²) >= 11 is 0. The Balaban J connectivity index is 0.999. The van der Waals surface area contributed by atoms with Crippen molar-refractivity contribution in [3.8, 4) is 112 Å². The average Bonchev–Trinajstić information content (AvgIpc) is 1.48. The van der Waals surface area contributed by atoms with E-state index < -0.39 is 125 Å². The van der Waals surface area contributed by atoms with Gasteiger partial charge in [-0.2, -0.15) is 0 Å². The van der Waals surface area contributed by atoms with E-state index in [0.717, 1.165) is 73.1 Å². The van der Waals surface area contributed by atoms with Crippen LogP contribution in [0.2, 0.25) is 0 Å². The first kappa shape index (κ1) is 45.7. The van der Waals surface area contributed by atoms with Crippen molar-refractivity contribution in [3.05, 3.63) is 325 Å². The van der Waals surface area contributed by atoms with Gasteiger partial charge < -0.3 is 9.30 Å². The van der Waals surface area contributed by atoms with E-state index in [9.17, 15) is 17.8 Å². The molecule has 6 heteroatoms. The largest absolute Gasteiger partial charge is 0.458 e. The van der Waals surface area contributed by atoms with Crippen LogP contribution in [0.1, 0.15) is 115 Å². The fourth-order valence-corrected chi connectivity index (χ4v) is 16.1. The van der Waals surface area contributed by atoms with Gasteiger partial charge in [-0.15, -0.1) is 0 Å². The zero-order valence-electron chi connectivity index (χ0n) is 77.3. The highest BCUT2D eigenvalue weighted by Crippen LogP contribution is 2.54. The van der Waals surface area contributed by atoms with Gasteiger partial charge in [0.05, 0.1) is 68.0 Å². The van der Waals surface area contributed by atoms with Gasteiger partial charge >= 0.3 is 0 Å². The molecule has 0 atom stereocenters. The van der Waals surface area contributed by atoms with E-state index in [2.05, 4.69) is 94.3 Å². The molecule has 2 aliphatic rings. The molecular formula is C98H79N5O. The number of hydrogen-bond donors (Lipinski definition) is 0. The van der Waals surface area contributed by atoms with Crippen molar-refractivity contribution in [2.45, 2.75) is 91.3 Å². The molecule has 502 valence electrons. The molecule has 0 saturated heterocycles. The fraction of sp³-hybridized carbons (Fsp3) is 0.143. The van der Waals surface area contributed by atoms with E-state index in [4.69, 9.17) is 17.9 Å². The number of imidazole rings is 1. The van der Waals surface area contributed by atoms with Crippen molar-refractivity contribution < 1.29 is 35.3 Å². The van der Waals surface area contributed by atoms with Crippen LogP contribution in [-0.2, 0) is 16.2 Å². The van der Waals surface area contributed by atoms with Gasteiger partial charge in [-0.1, -0.05) is 224 Å². The highest BCUT2D eigenvalue weighted by molar-refractivity contribution is 6.12. The molecular weight excluding hydrogens is 1260 g/mol. The Morgan fingerprint density at radius 1 is 0.452 bits per heavy atom. The monoisotopic (exact) mass is 1360 g/mol. The number of rotatable bonds is 9. The first-order valence-corrected chi connectivity index (χ1v) is 35.1. The molecule has 0 amide bonds. The summed E-state index contributed by atoms with van der Waals surface area (Å²) in [5.74, 6) is 1.55. The predicted molar refractivity (Wildman–Crippen MR) is 432 cm³/mol. The van der Waals surface area contributed by atoms with E-state index in [1.165, 1.54) is 18.2 Å². The van der Waals surface area contributed by atoms with Gasteiger partial charge in [0.1, 0.15) is 17.3 Å². The topological polar surface area (TPSA) is 40.8 Å². The molecule has 1 aliphatic heterocycles. The molecule has 6 nitrogen and oxygen atoms in total. The van der Waals surface area contributed by atoms with Crippen LogP contribution in [0.25, 0.3) is 155 Å². The maximum absolute atomic E-state index is 10.7. The Bertz CT molecular complexity index is 7240. The van der Waals surface area contributed by atoms with Crippen LogP contribution in [0.3, 0.4) is 0 Å². The standard InChI is InChI=1S/C98H79N5O/c1-61-26-24-27-62(2)93(61)69-52-83-81-59-85-84(97(6,7)45-46-98(85,8)9)58-80(81)74-34-16-17-35-75(74)82-51-68(67-49-65(63-28-12-10-13-29-63)48-66(50-67)64-30-14-11-15-31-64)53-90-94(82)101(95(83)91(54-69)102-86-39-21-18-36-76(86)77-37-19-22-40-87(77)102)60-100(90)71-32-25-33-72(56-71)104-73-42-43-79-78-38-20-23-41-88(78)103(89(79)57-73)92-55-70(44-47-99-92)96(3,4)5/h10-44,47-59H,45-46H2,1-9H3/i1D3,2D3,10D,11D,12D,13D,14D,15D,28D,29D,30D,31D,48D,49D,50D. The Morgan fingerprint density at radius 2 is 0.990 bits per heavy atom. The minimum Gasteiger partial charge on any atom is -0.458 e. The Morgan fingerprint density at radius 3 is 1.61 bits per heavy atom. The van der Waals surface area contributed by atoms with E-state index in [-0.39, 0.29) is 38.8 Å². The molecule has 13 aromatic carbocycles. The summed E-state index contributed by atoms with van der Waals surface area (Å²) in [7, 11) is 0. The molecule has 0 unspecified atom stereocenters. The second-order valence-corrected chi connectivity index (χ2v) is 29.7. The third-order valence-corrected chi connectivity index (χ3v) is 21.4. The first-order valence-electron chi connectivity index (χ1n) is 44.6. The van der Waals surface area contributed by atoms with Crippen LogP contribution >= 0.6 is 0 Å². The molecule has 17 aromatic rings. The highest BCUT2D eigenvalue weighted by atomic mass is 16.5. The van der Waals surface area contributed by atoms with Gasteiger partial charge in [-0.25, -0.2) is 4.98 Å². The lowest BCUT2D eigenvalue weighted by Gasteiger charge is -2.42. The number of para-hydroxylation sites is 3. The molecule has 0 spiro atoms. The number of pyridine rings is 1. The van der Waals surface area contributed by atoms with Crippen molar-refractivity contribution in [2.75, 3.05) is 0 Å². The summed E-state index contributed by atoms with van der Waals surface area (Å²) in [4.78, 5) is 4.95. The molecule has 0 N–H and O–H groups in total. The zero-order valence-corrected chi connectivity index (χ0v) is 58.3. The first-order chi connectivity index (χ1) is 58.3. The van der Waals surface area contributed by atoms with Gasteiger partial charge in [-0.05, 0) is 252 Å². The van der Waals surface area contributed by atoms with Crippen molar-refractivity contribution in [2.24, 2.45) is 0 Å². The van der Waals surface area contributed by atoms with Gasteiger partial charge in [0, 0.05) is 42.0 Å². The number of nitrogens with zero attached hydrogens (tertiary/aromatic N) is 5. The quantitative estimate of drug-likeness (QED) is 0.107. The lowest BCUT2D eigenvalue weighted by Crippen LogP contribution is -2.34. The molecule has 0 saturated carbocycles. The van der Waals surface area contributed by atoms with Crippen molar-refractivity contribution >= 4 is 54.6 Å². The molecule has 104 heavy (non-hydrogen) atoms. The van der Waals surface area contributed by atoms with Gasteiger partial charge in [0.2, 0.25) is 0 Å². The smallest absolute Gasteiger partial charge is 0.269 e. The Labute approximate surface area is 634 Å². The van der Waals surface area contributed by atoms with Crippen molar-refractivity contribution in [3.63, 3.8) is 0 Å². The van der Waals surface area contributed by atoms with Gasteiger partial charge in [0.15, 0.2) is 0 Å². The molecule has 0 bridgehead atoms. The van der Waals surface area contributed by atoms with Crippen LogP contribution in [0, 0.1) is 20.0 Å². The highest BCUT2D eigenvalue weighted by Gasteiger charge is 2.40. The summed E-state index contributed by atoms with van der Waals surface area (Å²) < 4.78 is 194. The second-order valence-electron chi connectivity index (χ2n) is 29.7. The molecule has 0 radical (unpaired) electrons. The summed E-state index contributed by atoms with van der Waals surface area (Å²) in [6.07, 6.45) is 7.38. The van der Waals surface area contributed by atoms with Crippen LogP contribution < -0.4 is 9.30 Å². The Kier molecular flexibility index (Phi) is 10.4. The SMILES string of the molecule is [2H]c1c([2H])c([2H])c(-c2c([2H])c(-c3cc4c5c(c3)n(-c3cccc(Oc6ccc7c8ccccc8n(-c8cc(C(C)(C)C)ccn8)c7c6)c3)[c-][n+]5-c3c(cc(-c5c(C([2H])([2H])[2H])cccc5C([2H])([2H])[2H])cc3-n3c5ccccc5c5ccccc53)-c3cc5c(cc3-c3ccccc3-4)C(C)(C)CCC5(C)C)c([2H])c(-c3c([2H])c([2H])c([2H])c([2H])c3[2H])c2[2H])c([2H])c1[2H]. The van der Waals surface area contributed by atoms with Crippen LogP contribution in [0.15, 0.2) is 291 Å². The lowest BCUT2D eigenvalue weighted by molar-refractivity contribution is -0.571. The maximum Gasteiger partial charge on any atom is 0.269 e. The number of aryl methyl sites for hydroxylation is 2. The number of fused-ring (bicyclic) bond motifs is 14. The molecule has 4 aromatic heterocycles. The van der Waals surface area contributed by atoms with Gasteiger partial charge in [-0.3, -0.25) is 13.7 Å². The number of benzene rings is 13. The molecule has 19 rings (SSSR count). The van der Waals surface area contributed by atoms with Crippen LogP contribution in [0.5, 0.6) is 11.5 Å². The van der Waals surface area contributed by atoms with Crippen LogP contribution in [0.4, 0.5) is 0 Å². The van der Waals surface area contributed by atoms with E-state index in [0.29, 0.717) is 78.8 Å². The minimum absolute atomic E-state index is 0.00352. The molecule has 1 aliphatic carbocycles. The average molecular weight is 1360 g/mol. The summed E-state index contributed by atoms with van der Waals surface area (Å²) in [6, 6.07) is 55.4. The van der Waals surface area contributed by atoms with Gasteiger partial charge in [0.25, 0.3) is 6.33 Å². The number of aromatic nitrogens is 5. The predicted octanol–water partition coefficient (Wildman–Crippen LogP) is 25.3. The summed E-state index contributed by atoms with van der Waals surface area (Å²) in [5.41, 5.74) is 8.33. The minimum atomic E-state index is -2.86. The zero-order chi connectivity index (χ0) is 86.8. The summed E-state index contributed by atoms with van der Waals surface area (Å²) in [5, 5.41) is 3.69. The Hall–Kier alpha value is -12.1. The van der Waals surface area contributed by atoms with Crippen LogP contribution in [-0.4, -0.2) is 18.7 Å².